The fourth-order valence-corrected chi connectivity index (χ4v) is 1.42. The minimum Gasteiger partial charge on any atom is -0.382 e. The second kappa shape index (κ2) is 2.27. The van der Waals surface area contributed by atoms with Crippen molar-refractivity contribution in [2.24, 2.45) is 0 Å². The number of fused-ring (bicyclic) bond motifs is 1. The van der Waals surface area contributed by atoms with Gasteiger partial charge in [-0.25, -0.2) is 0 Å². The zero-order chi connectivity index (χ0) is 7.84. The molecule has 0 aliphatic carbocycles. The van der Waals surface area contributed by atoms with Crippen molar-refractivity contribution in [3.8, 4) is 0 Å². The molecule has 0 saturated heterocycles. The quantitative estimate of drug-likeness (QED) is 0.474. The van der Waals surface area contributed by atoms with Crippen LogP contribution in [0.2, 0.25) is 0 Å². The van der Waals surface area contributed by atoms with Gasteiger partial charge in [0.1, 0.15) is 5.82 Å². The van der Waals surface area contributed by atoms with E-state index >= 15 is 0 Å². The van der Waals surface area contributed by atoms with Gasteiger partial charge < -0.3 is 10.5 Å². The van der Waals surface area contributed by atoms with E-state index in [1.165, 1.54) is 5.69 Å². The van der Waals surface area contributed by atoms with Gasteiger partial charge in [-0.15, -0.1) is 0 Å². The maximum atomic E-state index is 5.55. The minimum absolute atomic E-state index is 0.635. The average molecular weight is 150 g/mol. The molecule has 5 heteroatoms. The van der Waals surface area contributed by atoms with E-state index in [2.05, 4.69) is 17.9 Å². The summed E-state index contributed by atoms with van der Waals surface area (Å²) in [5.41, 5.74) is 6.77. The fraction of sp³-hybridized carbons (Fsp3) is 0.500. The Labute approximate surface area is 66.4 Å². The zero-order valence-electron chi connectivity index (χ0n) is 6.62. The molecule has 58 valence electrons. The Balaban J connectivity index is 2.34. The monoisotopic (exact) mass is 150 g/mol. The zero-order valence-corrected chi connectivity index (χ0v) is 6.62. The Morgan fingerprint density at radius 1 is 1.55 bits per heavy atom. The van der Waals surface area contributed by atoms with Crippen LogP contribution in [0.5, 0.6) is 0 Å². The summed E-state index contributed by atoms with van der Waals surface area (Å²) in [7, 11) is 2.10. The van der Waals surface area contributed by atoms with Gasteiger partial charge in [-0.05, 0) is 0 Å². The van der Waals surface area contributed by atoms with Crippen molar-refractivity contribution < 1.29 is 0 Å². The number of rotatable bonds is 0. The van der Waals surface area contributed by atoms with Gasteiger partial charge in [0.05, 0.1) is 12.2 Å². The van der Waals surface area contributed by atoms with Crippen molar-refractivity contribution in [3.05, 3.63) is 11.8 Å². The highest BCUT2D eigenvalue weighted by Gasteiger charge is 2.13. The van der Waals surface area contributed by atoms with Crippen LogP contribution in [0.15, 0.2) is 6.07 Å². The molecule has 2 heterocycles. The van der Waals surface area contributed by atoms with Crippen LogP contribution in [-0.2, 0) is 13.1 Å². The summed E-state index contributed by atoms with van der Waals surface area (Å²) in [6.07, 6.45) is 0. The summed E-state index contributed by atoms with van der Waals surface area (Å²) < 4.78 is 1.98. The number of nitrogens with zero attached hydrogens (tertiary/aromatic N) is 3. The van der Waals surface area contributed by atoms with E-state index in [1.807, 2.05) is 10.7 Å². The molecule has 0 fully saturated rings. The normalized spacial score (nSPS) is 18.2. The molecule has 2 rings (SSSR count). The van der Waals surface area contributed by atoms with Gasteiger partial charge in [-0.3, -0.25) is 4.68 Å². The summed E-state index contributed by atoms with van der Waals surface area (Å²) in [6.45, 7) is 2.99. The van der Waals surface area contributed by atoms with Gasteiger partial charge in [0.15, 0.2) is 7.98 Å². The van der Waals surface area contributed by atoms with E-state index in [0.29, 0.717) is 5.82 Å². The van der Waals surface area contributed by atoms with E-state index in [9.17, 15) is 0 Å². The second-order valence-corrected chi connectivity index (χ2v) is 3.02. The molecule has 1 aromatic heterocycles. The maximum absolute atomic E-state index is 5.55. The van der Waals surface area contributed by atoms with Crippen LogP contribution in [0.4, 0.5) is 5.82 Å². The molecule has 1 aliphatic rings. The number of anilines is 1. The van der Waals surface area contributed by atoms with E-state index in [-0.39, 0.29) is 0 Å². The van der Waals surface area contributed by atoms with Crippen molar-refractivity contribution in [3.63, 3.8) is 0 Å². The van der Waals surface area contributed by atoms with Crippen molar-refractivity contribution in [2.45, 2.75) is 13.1 Å². The summed E-state index contributed by atoms with van der Waals surface area (Å²) in [5, 5.41) is 4.15. The van der Waals surface area contributed by atoms with Crippen LogP contribution >= 0.6 is 0 Å². The van der Waals surface area contributed by atoms with Crippen LogP contribution in [0, 0.1) is 0 Å². The first-order valence-electron chi connectivity index (χ1n) is 3.76. The van der Waals surface area contributed by atoms with Crippen LogP contribution in [-0.4, -0.2) is 29.1 Å². The number of hydrogen-bond donors (Lipinski definition) is 1. The first-order valence-corrected chi connectivity index (χ1v) is 3.76. The fourth-order valence-electron chi connectivity index (χ4n) is 1.42. The van der Waals surface area contributed by atoms with E-state index in [4.69, 9.17) is 5.73 Å². The lowest BCUT2D eigenvalue weighted by molar-refractivity contribution is 0.344. The Morgan fingerprint density at radius 3 is 3.18 bits per heavy atom. The highest BCUT2D eigenvalue weighted by Crippen LogP contribution is 2.12. The third-order valence-corrected chi connectivity index (χ3v) is 2.01. The largest absolute Gasteiger partial charge is 0.382 e. The number of aromatic nitrogens is 2. The van der Waals surface area contributed by atoms with Gasteiger partial charge in [-0.1, -0.05) is 0 Å². The Bertz CT molecular complexity index is 270. The molecule has 1 aliphatic heterocycles. The molecular formula is C6H11BN4. The van der Waals surface area contributed by atoms with Crippen molar-refractivity contribution in [2.75, 3.05) is 12.3 Å². The first kappa shape index (κ1) is 6.73. The minimum atomic E-state index is 0.635. The maximum Gasteiger partial charge on any atom is 0.186 e. The summed E-state index contributed by atoms with van der Waals surface area (Å²) >= 11 is 0. The smallest absolute Gasteiger partial charge is 0.186 e. The predicted octanol–water partition coefficient (Wildman–Crippen LogP) is -1.17. The molecule has 2 N–H and O–H groups in total. The topological polar surface area (TPSA) is 47.1 Å². The van der Waals surface area contributed by atoms with Gasteiger partial charge >= 0.3 is 0 Å². The number of hydrogen-bond acceptors (Lipinski definition) is 3. The highest BCUT2D eigenvalue weighted by molar-refractivity contribution is 6.04. The third kappa shape index (κ3) is 1.11. The van der Waals surface area contributed by atoms with Crippen LogP contribution in [0.25, 0.3) is 0 Å². The van der Waals surface area contributed by atoms with E-state index in [0.717, 1.165) is 19.6 Å². The summed E-state index contributed by atoms with van der Waals surface area (Å²) in [5.74, 6) is 0.635. The summed E-state index contributed by atoms with van der Waals surface area (Å²) in [6, 6.07) is 1.94. The molecule has 0 atom stereocenters. The first-order chi connectivity index (χ1) is 5.25. The lowest BCUT2D eigenvalue weighted by atomic mass is 10.2. The van der Waals surface area contributed by atoms with E-state index in [1.54, 1.807) is 0 Å². The summed E-state index contributed by atoms with van der Waals surface area (Å²) in [4.78, 5) is 2.26. The molecule has 0 amide bonds. The van der Waals surface area contributed by atoms with Crippen molar-refractivity contribution >= 4 is 13.8 Å². The number of nitrogen functional groups attached to an aromatic ring is 1. The second-order valence-electron chi connectivity index (χ2n) is 3.02. The number of nitrogens with two attached hydrogens (primary N) is 1. The van der Waals surface area contributed by atoms with Crippen LogP contribution < -0.4 is 5.73 Å². The Morgan fingerprint density at radius 2 is 2.36 bits per heavy atom. The Hall–Kier alpha value is -0.965. The van der Waals surface area contributed by atoms with E-state index < -0.39 is 0 Å². The SMILES string of the molecule is BN1CCn2nc(N)cc2C1. The van der Waals surface area contributed by atoms with Gasteiger partial charge in [0, 0.05) is 19.2 Å². The van der Waals surface area contributed by atoms with Crippen LogP contribution in [0.1, 0.15) is 5.69 Å². The molecular weight excluding hydrogens is 139 g/mol. The molecule has 0 saturated carbocycles. The Kier molecular flexibility index (Phi) is 1.39. The molecule has 1 aromatic rings. The molecule has 0 spiro atoms. The highest BCUT2D eigenvalue weighted by atomic mass is 15.3. The van der Waals surface area contributed by atoms with Crippen LogP contribution in [0.3, 0.4) is 0 Å². The molecule has 0 aromatic carbocycles. The van der Waals surface area contributed by atoms with Gasteiger partial charge in [0.25, 0.3) is 0 Å². The molecule has 0 radical (unpaired) electrons. The van der Waals surface area contributed by atoms with Crippen molar-refractivity contribution in [1.29, 1.82) is 0 Å². The average Bonchev–Trinajstić information content (AvgIpc) is 2.27. The third-order valence-electron chi connectivity index (χ3n) is 2.01. The van der Waals surface area contributed by atoms with Gasteiger partial charge in [-0.2, -0.15) is 5.10 Å². The molecule has 0 bridgehead atoms. The molecule has 4 nitrogen and oxygen atoms in total. The lowest BCUT2D eigenvalue weighted by Crippen LogP contribution is -2.31. The lowest BCUT2D eigenvalue weighted by Gasteiger charge is -2.23. The standard InChI is InChI=1S/C6H11BN4/c7-10-1-2-11-5(4-10)3-6(8)9-11/h3H,1-2,4,7H2,(H2,8,9). The predicted molar refractivity (Wildman–Crippen MR) is 45.6 cm³/mol. The molecule has 0 unspecified atom stereocenters. The van der Waals surface area contributed by atoms with Gasteiger partial charge in [0.2, 0.25) is 0 Å². The van der Waals surface area contributed by atoms with Crippen molar-refractivity contribution in [1.82, 2.24) is 14.6 Å². The molecule has 11 heavy (non-hydrogen) atoms.